The minimum Gasteiger partial charge on any atom is -0.496 e. The van der Waals surface area contributed by atoms with Gasteiger partial charge in [-0.3, -0.25) is 4.79 Å². The lowest BCUT2D eigenvalue weighted by molar-refractivity contribution is 0.0997. The summed E-state index contributed by atoms with van der Waals surface area (Å²) in [4.78, 5) is 11.6. The van der Waals surface area contributed by atoms with Crippen molar-refractivity contribution >= 4 is 5.91 Å². The lowest BCUT2D eigenvalue weighted by Gasteiger charge is -2.17. The molecule has 0 aromatic heterocycles. The summed E-state index contributed by atoms with van der Waals surface area (Å²) >= 11 is 0. The smallest absolute Gasteiger partial charge is 0.252 e. The number of amides is 1. The molecule has 1 fully saturated rings. The molecule has 4 heteroatoms. The van der Waals surface area contributed by atoms with Crippen LogP contribution in [0.1, 0.15) is 36.0 Å². The zero-order valence-electron chi connectivity index (χ0n) is 13.2. The van der Waals surface area contributed by atoms with E-state index < -0.39 is 5.91 Å². The highest BCUT2D eigenvalue weighted by molar-refractivity contribution is 5.97. The van der Waals surface area contributed by atoms with Crippen molar-refractivity contribution in [1.82, 2.24) is 0 Å². The second-order valence-electron chi connectivity index (χ2n) is 5.80. The molecule has 2 N–H and O–H groups in total. The van der Waals surface area contributed by atoms with E-state index in [-0.39, 0.29) is 6.10 Å². The van der Waals surface area contributed by atoms with Gasteiger partial charge in [0, 0.05) is 5.56 Å². The first-order valence-electron chi connectivity index (χ1n) is 7.93. The van der Waals surface area contributed by atoms with Gasteiger partial charge in [0.25, 0.3) is 5.91 Å². The molecular weight excluding hydrogens is 290 g/mol. The lowest BCUT2D eigenvalue weighted by atomic mass is 10.0. The second kappa shape index (κ2) is 6.73. The van der Waals surface area contributed by atoms with Gasteiger partial charge in [0.1, 0.15) is 11.5 Å². The maximum atomic E-state index is 11.6. The van der Waals surface area contributed by atoms with Crippen molar-refractivity contribution in [3.05, 3.63) is 48.0 Å². The molecule has 0 heterocycles. The first-order valence-corrected chi connectivity index (χ1v) is 7.93. The number of ether oxygens (including phenoxy) is 2. The van der Waals surface area contributed by atoms with Gasteiger partial charge >= 0.3 is 0 Å². The van der Waals surface area contributed by atoms with Crippen LogP contribution in [0.3, 0.4) is 0 Å². The molecule has 0 aliphatic heterocycles. The van der Waals surface area contributed by atoms with Crippen LogP contribution >= 0.6 is 0 Å². The fourth-order valence-electron chi connectivity index (χ4n) is 3.06. The molecule has 0 radical (unpaired) electrons. The van der Waals surface area contributed by atoms with Crippen molar-refractivity contribution < 1.29 is 14.3 Å². The highest BCUT2D eigenvalue weighted by Gasteiger charge is 2.19. The van der Waals surface area contributed by atoms with Gasteiger partial charge in [-0.2, -0.15) is 0 Å². The number of hydrogen-bond donors (Lipinski definition) is 1. The zero-order valence-corrected chi connectivity index (χ0v) is 13.2. The van der Waals surface area contributed by atoms with Gasteiger partial charge in [-0.1, -0.05) is 24.3 Å². The van der Waals surface area contributed by atoms with E-state index in [9.17, 15) is 4.79 Å². The number of methoxy groups -OCH3 is 1. The Morgan fingerprint density at radius 2 is 1.83 bits per heavy atom. The first-order chi connectivity index (χ1) is 11.2. The number of rotatable bonds is 5. The van der Waals surface area contributed by atoms with Gasteiger partial charge in [0.05, 0.1) is 18.8 Å². The monoisotopic (exact) mass is 311 g/mol. The summed E-state index contributed by atoms with van der Waals surface area (Å²) in [6.45, 7) is 0. The van der Waals surface area contributed by atoms with E-state index in [2.05, 4.69) is 0 Å². The van der Waals surface area contributed by atoms with Crippen molar-refractivity contribution in [3.8, 4) is 22.6 Å². The Labute approximate surface area is 136 Å². The average molecular weight is 311 g/mol. The van der Waals surface area contributed by atoms with Gasteiger partial charge in [-0.05, 0) is 49.4 Å². The van der Waals surface area contributed by atoms with Crippen LogP contribution in [0.2, 0.25) is 0 Å². The van der Waals surface area contributed by atoms with E-state index in [1.807, 2.05) is 30.3 Å². The summed E-state index contributed by atoms with van der Waals surface area (Å²) in [6.07, 6.45) is 4.93. The Kier molecular flexibility index (Phi) is 4.51. The van der Waals surface area contributed by atoms with Crippen molar-refractivity contribution in [2.45, 2.75) is 31.8 Å². The number of para-hydroxylation sites is 1. The Morgan fingerprint density at radius 3 is 2.52 bits per heavy atom. The zero-order chi connectivity index (χ0) is 16.2. The number of benzene rings is 2. The molecule has 2 aromatic rings. The molecule has 0 bridgehead atoms. The normalized spacial score (nSPS) is 14.7. The first kappa shape index (κ1) is 15.4. The number of nitrogens with two attached hydrogens (primary N) is 1. The quantitative estimate of drug-likeness (QED) is 0.914. The summed E-state index contributed by atoms with van der Waals surface area (Å²) in [6, 6.07) is 13.3. The number of carbonyl (C=O) groups is 1. The molecule has 1 saturated carbocycles. The van der Waals surface area contributed by atoms with Crippen LogP contribution in [0.15, 0.2) is 42.5 Å². The van der Waals surface area contributed by atoms with Gasteiger partial charge in [0.2, 0.25) is 0 Å². The summed E-state index contributed by atoms with van der Waals surface area (Å²) in [5, 5.41) is 0. The van der Waals surface area contributed by atoms with Crippen molar-refractivity contribution in [1.29, 1.82) is 0 Å². The molecule has 3 rings (SSSR count). The second-order valence-corrected chi connectivity index (χ2v) is 5.80. The Morgan fingerprint density at radius 1 is 1.09 bits per heavy atom. The predicted octanol–water partition coefficient (Wildman–Crippen LogP) is 3.78. The Hall–Kier alpha value is -2.49. The van der Waals surface area contributed by atoms with E-state index >= 15 is 0 Å². The maximum absolute atomic E-state index is 11.6. The molecule has 0 unspecified atom stereocenters. The molecule has 0 spiro atoms. The average Bonchev–Trinajstić information content (AvgIpc) is 3.08. The molecule has 0 saturated heterocycles. The summed E-state index contributed by atoms with van der Waals surface area (Å²) in [7, 11) is 1.53. The summed E-state index contributed by atoms with van der Waals surface area (Å²) < 4.78 is 11.4. The van der Waals surface area contributed by atoms with E-state index in [0.717, 1.165) is 29.7 Å². The van der Waals surface area contributed by atoms with Gasteiger partial charge in [-0.25, -0.2) is 0 Å². The van der Waals surface area contributed by atoms with Gasteiger partial charge < -0.3 is 15.2 Å². The molecule has 1 aliphatic rings. The SMILES string of the molecule is COc1ccc(-c2ccccc2OC2CCCC2)cc1C(N)=O. The summed E-state index contributed by atoms with van der Waals surface area (Å²) in [5.41, 5.74) is 7.69. The minimum atomic E-state index is -0.502. The van der Waals surface area contributed by atoms with E-state index in [4.69, 9.17) is 15.2 Å². The molecule has 2 aromatic carbocycles. The van der Waals surface area contributed by atoms with Crippen LogP contribution < -0.4 is 15.2 Å². The van der Waals surface area contributed by atoms with Gasteiger partial charge in [0.15, 0.2) is 0 Å². The number of hydrogen-bond acceptors (Lipinski definition) is 3. The third kappa shape index (κ3) is 3.31. The van der Waals surface area contributed by atoms with E-state index in [0.29, 0.717) is 11.3 Å². The van der Waals surface area contributed by atoms with Crippen molar-refractivity contribution in [3.63, 3.8) is 0 Å². The van der Waals surface area contributed by atoms with Crippen LogP contribution in [-0.2, 0) is 0 Å². The number of carbonyl (C=O) groups excluding carboxylic acids is 1. The van der Waals surface area contributed by atoms with Crippen LogP contribution in [-0.4, -0.2) is 19.1 Å². The molecule has 23 heavy (non-hydrogen) atoms. The van der Waals surface area contributed by atoms with Crippen molar-refractivity contribution in [2.24, 2.45) is 5.73 Å². The van der Waals surface area contributed by atoms with E-state index in [1.165, 1.54) is 20.0 Å². The highest BCUT2D eigenvalue weighted by Crippen LogP contribution is 2.35. The highest BCUT2D eigenvalue weighted by atomic mass is 16.5. The predicted molar refractivity (Wildman–Crippen MR) is 89.8 cm³/mol. The standard InChI is InChI=1S/C19H21NO3/c1-22-17-11-10-13(12-16(17)19(20)21)15-8-4-5-9-18(15)23-14-6-2-3-7-14/h4-5,8-12,14H,2-3,6-7H2,1H3,(H2,20,21). The summed E-state index contributed by atoms with van der Waals surface area (Å²) in [5.74, 6) is 0.827. The minimum absolute atomic E-state index is 0.282. The number of primary amides is 1. The van der Waals surface area contributed by atoms with Gasteiger partial charge in [-0.15, -0.1) is 0 Å². The topological polar surface area (TPSA) is 61.6 Å². The molecule has 120 valence electrons. The van der Waals surface area contributed by atoms with Crippen LogP contribution in [0.5, 0.6) is 11.5 Å². The van der Waals surface area contributed by atoms with Crippen molar-refractivity contribution in [2.75, 3.05) is 7.11 Å². The molecular formula is C19H21NO3. The molecule has 1 amide bonds. The third-order valence-corrected chi connectivity index (χ3v) is 4.26. The Balaban J connectivity index is 1.98. The van der Waals surface area contributed by atoms with Crippen LogP contribution in [0, 0.1) is 0 Å². The molecule has 0 atom stereocenters. The largest absolute Gasteiger partial charge is 0.496 e. The maximum Gasteiger partial charge on any atom is 0.252 e. The fraction of sp³-hybridized carbons (Fsp3) is 0.316. The van der Waals surface area contributed by atoms with Crippen LogP contribution in [0.25, 0.3) is 11.1 Å². The fourth-order valence-corrected chi connectivity index (χ4v) is 3.06. The Bertz CT molecular complexity index is 706. The third-order valence-electron chi connectivity index (χ3n) is 4.26. The molecule has 4 nitrogen and oxygen atoms in total. The van der Waals surface area contributed by atoms with Crippen LogP contribution in [0.4, 0.5) is 0 Å². The van der Waals surface area contributed by atoms with E-state index in [1.54, 1.807) is 12.1 Å². The lowest BCUT2D eigenvalue weighted by Crippen LogP contribution is -2.13. The molecule has 1 aliphatic carbocycles.